The molecule has 0 rings (SSSR count). The molecule has 0 bridgehead atoms. The molecule has 0 aromatic carbocycles. The van der Waals surface area contributed by atoms with E-state index in [0.717, 1.165) is 0 Å². The first-order valence-corrected chi connectivity index (χ1v) is 2.13. The Bertz CT molecular complexity index is 44.9. The van der Waals surface area contributed by atoms with Crippen molar-refractivity contribution >= 4 is 17.2 Å². The molecule has 0 saturated heterocycles. The molecule has 0 aliphatic heterocycles. The van der Waals surface area contributed by atoms with Gasteiger partial charge in [-0.2, -0.15) is 0 Å². The molecular formula is C2H4CuNS. The molecule has 0 saturated carbocycles. The molecule has 0 unspecified atom stereocenters. The molecule has 0 aromatic rings. The molecule has 0 spiro atoms. The van der Waals surface area contributed by atoms with Crippen molar-refractivity contribution in [2.45, 2.75) is 5.32 Å². The van der Waals surface area contributed by atoms with Gasteiger partial charge in [-0.05, 0) is 0 Å². The van der Waals surface area contributed by atoms with Crippen molar-refractivity contribution in [3.05, 3.63) is 0 Å². The fraction of sp³-hybridized carbons (Fsp3) is 0.500. The van der Waals surface area contributed by atoms with Gasteiger partial charge in [-0.25, -0.2) is 0 Å². The van der Waals surface area contributed by atoms with Crippen molar-refractivity contribution in [2.75, 3.05) is 0 Å². The molecular weight excluding hydrogens is 134 g/mol. The summed E-state index contributed by atoms with van der Waals surface area (Å²) in [6, 6.07) is 0. The fourth-order valence-electron chi connectivity index (χ4n) is 0. The maximum atomic E-state index is 4.91. The van der Waals surface area contributed by atoms with E-state index < -0.39 is 0 Å². The van der Waals surface area contributed by atoms with Crippen molar-refractivity contribution in [3.63, 3.8) is 0 Å². The van der Waals surface area contributed by atoms with Crippen molar-refractivity contribution in [3.8, 4) is 0 Å². The topological polar surface area (TPSA) is 26.0 Å². The Kier molecular flexibility index (Phi) is 2.85. The van der Waals surface area contributed by atoms with Crippen molar-refractivity contribution in [1.82, 2.24) is 0 Å². The molecule has 0 radical (unpaired) electrons. The summed E-state index contributed by atoms with van der Waals surface area (Å²) >= 11 is 8.90. The Morgan fingerprint density at radius 3 is 2.20 bits per heavy atom. The Balaban J connectivity index is 2.85. The molecule has 0 fully saturated rings. The van der Waals surface area contributed by atoms with Crippen LogP contribution in [-0.4, -0.2) is 4.99 Å². The van der Waals surface area contributed by atoms with Crippen LogP contribution in [0, 0.1) is 0 Å². The quantitative estimate of drug-likeness (QED) is 0.414. The zero-order valence-corrected chi connectivity index (χ0v) is 4.25. The third kappa shape index (κ3) is 4.41. The minimum absolute atomic E-state index is 0.377. The van der Waals surface area contributed by atoms with Gasteiger partial charge >= 0.3 is 44.3 Å². The summed E-state index contributed by atoms with van der Waals surface area (Å²) in [5.41, 5.74) is 4.91. The van der Waals surface area contributed by atoms with Crippen molar-refractivity contribution in [1.29, 1.82) is 0 Å². The van der Waals surface area contributed by atoms with E-state index in [2.05, 4.69) is 28.2 Å². The summed E-state index contributed by atoms with van der Waals surface area (Å²) in [7, 11) is 0. The second-order valence-electron chi connectivity index (χ2n) is 0.573. The fourth-order valence-corrected chi connectivity index (χ4v) is 0. The summed E-state index contributed by atoms with van der Waals surface area (Å²) in [5.74, 6) is 0. The van der Waals surface area contributed by atoms with Gasteiger partial charge in [-0.3, -0.25) is 0 Å². The van der Waals surface area contributed by atoms with E-state index in [4.69, 9.17) is 5.73 Å². The molecule has 0 amide bonds. The van der Waals surface area contributed by atoms with E-state index >= 15 is 0 Å². The average Bonchev–Trinajstić information content (AvgIpc) is 1.38. The van der Waals surface area contributed by atoms with Gasteiger partial charge in [0.1, 0.15) is 0 Å². The number of thiocarbonyl (C=S) groups is 1. The van der Waals surface area contributed by atoms with Crippen LogP contribution < -0.4 is 5.73 Å². The first kappa shape index (κ1) is 5.41. The normalized spacial score (nSPS) is 7.60. The summed E-state index contributed by atoms with van der Waals surface area (Å²) in [4.78, 5) is 0.394. The molecule has 0 aliphatic rings. The van der Waals surface area contributed by atoms with Gasteiger partial charge in [0, 0.05) is 0 Å². The number of rotatable bonds is 1. The zero-order chi connectivity index (χ0) is 4.28. The van der Waals surface area contributed by atoms with E-state index in [0.29, 0.717) is 10.3 Å². The molecule has 0 aromatic heterocycles. The second kappa shape index (κ2) is 2.64. The number of hydrogen-bond donors (Lipinski definition) is 1. The second-order valence-corrected chi connectivity index (χ2v) is 1.43. The number of nitrogens with two attached hydrogens (primary N) is 1. The Hall–Kier alpha value is 0.409. The van der Waals surface area contributed by atoms with Crippen LogP contribution in [-0.2, 0) is 16.0 Å². The first-order chi connectivity index (χ1) is 2.27. The van der Waals surface area contributed by atoms with Crippen LogP contribution in [0.5, 0.6) is 0 Å². The molecule has 1 nitrogen and oxygen atoms in total. The van der Waals surface area contributed by atoms with Gasteiger partial charge < -0.3 is 0 Å². The SMILES string of the molecule is NC(=S)[CH2][Cu]. The van der Waals surface area contributed by atoms with E-state index in [1.807, 2.05) is 0 Å². The Morgan fingerprint density at radius 1 is 2.00 bits per heavy atom. The number of hydrogen-bond acceptors (Lipinski definition) is 1. The van der Waals surface area contributed by atoms with Gasteiger partial charge in [-0.1, -0.05) is 0 Å². The molecule has 0 heterocycles. The van der Waals surface area contributed by atoms with Crippen LogP contribution in [0.2, 0.25) is 5.32 Å². The third-order valence-electron chi connectivity index (χ3n) is 0.105. The summed E-state index contributed by atoms with van der Waals surface area (Å²) < 4.78 is 0. The molecule has 2 N–H and O–H groups in total. The van der Waals surface area contributed by atoms with Crippen LogP contribution in [0.1, 0.15) is 0 Å². The Labute approximate surface area is 44.7 Å². The van der Waals surface area contributed by atoms with E-state index in [1.165, 1.54) is 0 Å². The first-order valence-electron chi connectivity index (χ1n) is 1.06. The zero-order valence-electron chi connectivity index (χ0n) is 2.49. The van der Waals surface area contributed by atoms with Gasteiger partial charge in [0.25, 0.3) is 0 Å². The van der Waals surface area contributed by atoms with Gasteiger partial charge in [0.05, 0.1) is 0 Å². The van der Waals surface area contributed by atoms with Gasteiger partial charge in [0.15, 0.2) is 0 Å². The van der Waals surface area contributed by atoms with Gasteiger partial charge in [-0.15, -0.1) is 0 Å². The standard InChI is InChI=1S/C2H4NS.Cu/c1-2(3)4;/h1H2,(H2,3,4);. The van der Waals surface area contributed by atoms with Crippen molar-refractivity contribution < 1.29 is 16.0 Å². The van der Waals surface area contributed by atoms with E-state index in [9.17, 15) is 0 Å². The average molecular weight is 138 g/mol. The molecule has 3 heteroatoms. The molecule has 34 valence electrons. The van der Waals surface area contributed by atoms with Crippen molar-refractivity contribution in [2.24, 2.45) is 5.73 Å². The van der Waals surface area contributed by atoms with Crippen LogP contribution in [0.3, 0.4) is 0 Å². The predicted molar refractivity (Wildman–Crippen MR) is 21.6 cm³/mol. The van der Waals surface area contributed by atoms with E-state index in [1.54, 1.807) is 0 Å². The predicted octanol–water partition coefficient (Wildman–Crippen LogP) is 0.238. The minimum atomic E-state index is 0.377. The monoisotopic (exact) mass is 137 g/mol. The summed E-state index contributed by atoms with van der Waals surface area (Å²) in [5, 5.41) is 0.377. The summed E-state index contributed by atoms with van der Waals surface area (Å²) in [6.45, 7) is 0. The van der Waals surface area contributed by atoms with Crippen LogP contribution in [0.4, 0.5) is 0 Å². The van der Waals surface area contributed by atoms with Crippen LogP contribution in [0.25, 0.3) is 0 Å². The van der Waals surface area contributed by atoms with Gasteiger partial charge in [0.2, 0.25) is 0 Å². The van der Waals surface area contributed by atoms with E-state index in [-0.39, 0.29) is 0 Å². The molecule has 0 aliphatic carbocycles. The van der Waals surface area contributed by atoms with Crippen LogP contribution >= 0.6 is 12.2 Å². The Morgan fingerprint density at radius 2 is 2.20 bits per heavy atom. The third-order valence-corrected chi connectivity index (χ3v) is 0.792. The summed E-state index contributed by atoms with van der Waals surface area (Å²) in [6.07, 6.45) is 0. The molecule has 5 heavy (non-hydrogen) atoms. The maximum absolute atomic E-state index is 4.91. The van der Waals surface area contributed by atoms with Crippen LogP contribution in [0.15, 0.2) is 0 Å². The molecule has 0 atom stereocenters.